The lowest BCUT2D eigenvalue weighted by atomic mass is 9.87. The van der Waals surface area contributed by atoms with Gasteiger partial charge >= 0.3 is 0 Å². The smallest absolute Gasteiger partial charge is 0.187 e. The highest BCUT2D eigenvalue weighted by Crippen LogP contribution is 2.54. The van der Waals surface area contributed by atoms with Gasteiger partial charge in [0.2, 0.25) is 0 Å². The van der Waals surface area contributed by atoms with Crippen LogP contribution in [0.25, 0.3) is 81.7 Å². The van der Waals surface area contributed by atoms with E-state index in [2.05, 4.69) is 95.8 Å². The summed E-state index contributed by atoms with van der Waals surface area (Å²) in [6.45, 7) is 7.36. The lowest BCUT2D eigenvalue weighted by Crippen LogP contribution is -1.90. The fourth-order valence-electron chi connectivity index (χ4n) is 6.35. The Morgan fingerprint density at radius 1 is 0.500 bits per heavy atom. The molecule has 1 aliphatic carbocycles. The van der Waals surface area contributed by atoms with Gasteiger partial charge in [-0.1, -0.05) is 91.0 Å². The zero-order valence-corrected chi connectivity index (χ0v) is 21.4. The molecule has 1 aliphatic rings. The summed E-state index contributed by atoms with van der Waals surface area (Å²) in [4.78, 5) is 3.60. The summed E-state index contributed by atoms with van der Waals surface area (Å²) >= 11 is 0. The van der Waals surface area contributed by atoms with Crippen LogP contribution in [0.2, 0.25) is 0 Å². The molecular formula is C38H20N2. The minimum Gasteiger partial charge on any atom is -0.238 e. The van der Waals surface area contributed by atoms with E-state index in [1.807, 2.05) is 36.4 Å². The Kier molecular flexibility index (Phi) is 4.68. The van der Waals surface area contributed by atoms with Gasteiger partial charge in [-0.2, -0.15) is 5.26 Å². The molecule has 7 aromatic rings. The van der Waals surface area contributed by atoms with E-state index in [4.69, 9.17) is 6.57 Å². The molecule has 0 saturated heterocycles. The topological polar surface area (TPSA) is 28.1 Å². The zero-order chi connectivity index (χ0) is 26.8. The van der Waals surface area contributed by atoms with E-state index in [0.717, 1.165) is 27.1 Å². The van der Waals surface area contributed by atoms with Gasteiger partial charge in [0.15, 0.2) is 5.69 Å². The molecule has 0 fully saturated rings. The van der Waals surface area contributed by atoms with Gasteiger partial charge in [0.1, 0.15) is 0 Å². The van der Waals surface area contributed by atoms with Crippen molar-refractivity contribution >= 4 is 38.0 Å². The van der Waals surface area contributed by atoms with Crippen molar-refractivity contribution in [1.29, 1.82) is 5.26 Å². The fourth-order valence-corrected chi connectivity index (χ4v) is 6.35. The Morgan fingerprint density at radius 2 is 1.05 bits per heavy atom. The Hall–Kier alpha value is -5.70. The third-order valence-electron chi connectivity index (χ3n) is 8.19. The van der Waals surface area contributed by atoms with Crippen LogP contribution in [0.1, 0.15) is 5.56 Å². The highest BCUT2D eigenvalue weighted by molar-refractivity contribution is 6.21. The van der Waals surface area contributed by atoms with E-state index in [1.165, 1.54) is 49.7 Å². The quantitative estimate of drug-likeness (QED) is 0.215. The summed E-state index contributed by atoms with van der Waals surface area (Å²) in [6.07, 6.45) is 0. The summed E-state index contributed by atoms with van der Waals surface area (Å²) in [7, 11) is 0. The molecule has 2 heteroatoms. The number of fused-ring (bicyclic) bond motifs is 5. The molecule has 40 heavy (non-hydrogen) atoms. The molecule has 0 N–H and O–H groups in total. The maximum atomic E-state index is 9.33. The predicted octanol–water partition coefficient (Wildman–Crippen LogP) is 10.6. The maximum absolute atomic E-state index is 9.33. The predicted molar refractivity (Wildman–Crippen MR) is 165 cm³/mol. The standard InChI is InChI=1S/C38H20N2/c1-40-31-15-14-27-20-30(13-11-28(27)21-31)33-17-16-32(29-12-10-25-18-23(22-39)8-9-26(25)19-29)37-34-6-2-4-24-5-3-7-35(36(24)34)38(33)37/h2-21H. The Morgan fingerprint density at radius 3 is 1.65 bits per heavy atom. The number of nitrogens with zero attached hydrogens (tertiary/aromatic N) is 2. The van der Waals surface area contributed by atoms with Gasteiger partial charge < -0.3 is 0 Å². The molecule has 0 amide bonds. The van der Waals surface area contributed by atoms with E-state index in [0.29, 0.717) is 11.3 Å². The van der Waals surface area contributed by atoms with Gasteiger partial charge in [0, 0.05) is 0 Å². The zero-order valence-electron chi connectivity index (χ0n) is 21.4. The highest BCUT2D eigenvalue weighted by atomic mass is 14.6. The highest BCUT2D eigenvalue weighted by Gasteiger charge is 2.27. The van der Waals surface area contributed by atoms with Crippen molar-refractivity contribution in [3.8, 4) is 50.6 Å². The first-order chi connectivity index (χ1) is 19.7. The molecule has 0 spiro atoms. The largest absolute Gasteiger partial charge is 0.238 e. The molecule has 0 heterocycles. The molecule has 0 bridgehead atoms. The van der Waals surface area contributed by atoms with Crippen molar-refractivity contribution in [1.82, 2.24) is 0 Å². The average molecular weight is 505 g/mol. The molecule has 0 aliphatic heterocycles. The summed E-state index contributed by atoms with van der Waals surface area (Å²) in [5.74, 6) is 0. The fraction of sp³-hybridized carbons (Fsp3) is 0. The second kappa shape index (κ2) is 8.40. The van der Waals surface area contributed by atoms with Crippen LogP contribution in [0.4, 0.5) is 5.69 Å². The molecule has 7 aromatic carbocycles. The molecule has 182 valence electrons. The van der Waals surface area contributed by atoms with Crippen molar-refractivity contribution in [3.63, 3.8) is 0 Å². The van der Waals surface area contributed by atoms with Crippen LogP contribution in [0.5, 0.6) is 0 Å². The first-order valence-electron chi connectivity index (χ1n) is 13.3. The van der Waals surface area contributed by atoms with Gasteiger partial charge in [-0.25, -0.2) is 4.85 Å². The number of benzene rings is 7. The van der Waals surface area contributed by atoms with Gasteiger partial charge in [-0.05, 0) is 107 Å². The van der Waals surface area contributed by atoms with E-state index >= 15 is 0 Å². The molecule has 0 unspecified atom stereocenters. The van der Waals surface area contributed by atoms with Gasteiger partial charge in [0.25, 0.3) is 0 Å². The molecule has 0 saturated carbocycles. The number of hydrogen-bond donors (Lipinski definition) is 0. The minimum absolute atomic E-state index is 0.659. The number of nitriles is 1. The minimum atomic E-state index is 0.659. The summed E-state index contributed by atoms with van der Waals surface area (Å²) in [5, 5.41) is 16.3. The maximum Gasteiger partial charge on any atom is 0.187 e. The Balaban J connectivity index is 1.41. The van der Waals surface area contributed by atoms with Crippen LogP contribution in [-0.2, 0) is 0 Å². The van der Waals surface area contributed by atoms with Crippen molar-refractivity contribution in [2.75, 3.05) is 0 Å². The van der Waals surface area contributed by atoms with Crippen molar-refractivity contribution in [2.45, 2.75) is 0 Å². The van der Waals surface area contributed by atoms with E-state index in [1.54, 1.807) is 0 Å². The second-order valence-electron chi connectivity index (χ2n) is 10.4. The van der Waals surface area contributed by atoms with Crippen LogP contribution in [0.3, 0.4) is 0 Å². The Labute approximate surface area is 231 Å². The van der Waals surface area contributed by atoms with E-state index < -0.39 is 0 Å². The number of rotatable bonds is 2. The third kappa shape index (κ3) is 3.21. The first-order valence-corrected chi connectivity index (χ1v) is 13.3. The van der Waals surface area contributed by atoms with Crippen LogP contribution >= 0.6 is 0 Å². The van der Waals surface area contributed by atoms with Gasteiger partial charge in [-0.3, -0.25) is 0 Å². The average Bonchev–Trinajstić information content (AvgIpc) is 3.36. The lowest BCUT2D eigenvalue weighted by molar-refractivity contribution is 1.50. The van der Waals surface area contributed by atoms with Crippen LogP contribution in [-0.4, -0.2) is 0 Å². The summed E-state index contributed by atoms with van der Waals surface area (Å²) < 4.78 is 0. The molecular weight excluding hydrogens is 484 g/mol. The lowest BCUT2D eigenvalue weighted by Gasteiger charge is -2.16. The molecule has 2 nitrogen and oxygen atoms in total. The monoisotopic (exact) mass is 504 g/mol. The van der Waals surface area contributed by atoms with E-state index in [-0.39, 0.29) is 0 Å². The van der Waals surface area contributed by atoms with Crippen LogP contribution in [0, 0.1) is 17.9 Å². The molecule has 0 radical (unpaired) electrons. The SMILES string of the molecule is [C-]#[N+]c1ccc2cc(-c3ccc(-c4ccc5cc(C#N)ccc5c4)c4c3-c3cccc5cccc-4c35)ccc2c1. The Bertz CT molecular complexity index is 2130. The third-order valence-corrected chi connectivity index (χ3v) is 8.19. The normalized spacial score (nSPS) is 11.4. The van der Waals surface area contributed by atoms with Crippen molar-refractivity contribution in [2.24, 2.45) is 0 Å². The summed E-state index contributed by atoms with van der Waals surface area (Å²) in [5.41, 5.74) is 11.1. The first kappa shape index (κ1) is 22.3. The molecule has 0 atom stereocenters. The van der Waals surface area contributed by atoms with Crippen LogP contribution < -0.4 is 0 Å². The summed E-state index contributed by atoms with van der Waals surface area (Å²) in [6, 6.07) is 44.8. The number of hydrogen-bond acceptors (Lipinski definition) is 1. The van der Waals surface area contributed by atoms with Gasteiger partial charge in [0.05, 0.1) is 18.2 Å². The van der Waals surface area contributed by atoms with Crippen LogP contribution in [0.15, 0.2) is 121 Å². The molecule has 8 rings (SSSR count). The second-order valence-corrected chi connectivity index (χ2v) is 10.4. The van der Waals surface area contributed by atoms with Gasteiger partial charge in [-0.15, -0.1) is 0 Å². The van der Waals surface area contributed by atoms with Crippen molar-refractivity contribution < 1.29 is 0 Å². The van der Waals surface area contributed by atoms with Crippen molar-refractivity contribution in [3.05, 3.63) is 138 Å². The van der Waals surface area contributed by atoms with E-state index in [9.17, 15) is 5.26 Å². The molecule has 0 aromatic heterocycles.